The van der Waals surface area contributed by atoms with Gasteiger partial charge in [-0.25, -0.2) is 4.21 Å². The Morgan fingerprint density at radius 2 is 1.82 bits per heavy atom. The lowest BCUT2D eigenvalue weighted by molar-refractivity contribution is -0.0384. The molecule has 0 spiro atoms. The number of hydrogen-bond donors (Lipinski definition) is 1. The van der Waals surface area contributed by atoms with Crippen molar-refractivity contribution in [3.05, 3.63) is 36.5 Å². The number of nitrogens with zero attached hydrogens (tertiary/aromatic N) is 1. The molecule has 1 aromatic carbocycles. The normalized spacial score (nSPS) is 13.6. The molecule has 0 aliphatic carbocycles. The van der Waals surface area contributed by atoms with Crippen LogP contribution in [-0.2, 0) is 10.8 Å². The fourth-order valence-corrected chi connectivity index (χ4v) is 2.10. The van der Waals surface area contributed by atoms with E-state index in [2.05, 4.69) is 10.2 Å². The second kappa shape index (κ2) is 4.33. The van der Waals surface area contributed by atoms with Gasteiger partial charge in [0.15, 0.2) is 10.8 Å². The molecule has 0 aliphatic rings. The molecule has 1 aromatic heterocycles. The van der Waals surface area contributed by atoms with Crippen LogP contribution < -0.4 is 0 Å². The highest BCUT2D eigenvalue weighted by atomic mass is 32.2. The highest BCUT2D eigenvalue weighted by Gasteiger charge is 2.40. The number of aromatic nitrogens is 2. The second-order valence-corrected chi connectivity index (χ2v) is 4.63. The van der Waals surface area contributed by atoms with Crippen LogP contribution in [0.25, 0.3) is 11.3 Å². The van der Waals surface area contributed by atoms with Crippen molar-refractivity contribution in [2.24, 2.45) is 0 Å². The Labute approximate surface area is 97.1 Å². The van der Waals surface area contributed by atoms with Gasteiger partial charge in [-0.1, -0.05) is 30.3 Å². The van der Waals surface area contributed by atoms with E-state index in [1.165, 1.54) is 0 Å². The van der Waals surface area contributed by atoms with Crippen LogP contribution in [0, 0.1) is 0 Å². The van der Waals surface area contributed by atoms with Crippen LogP contribution in [0.4, 0.5) is 13.2 Å². The molecule has 0 saturated heterocycles. The van der Waals surface area contributed by atoms with E-state index in [1.807, 2.05) is 0 Å². The molecule has 2 aromatic rings. The first-order valence-corrected chi connectivity index (χ1v) is 5.72. The first kappa shape index (κ1) is 11.8. The summed E-state index contributed by atoms with van der Waals surface area (Å²) < 4.78 is 48.3. The molecule has 1 N–H and O–H groups in total. The Morgan fingerprint density at radius 1 is 1.18 bits per heavy atom. The molecule has 1 unspecified atom stereocenters. The number of nitrogens with one attached hydrogen (secondary N) is 1. The van der Waals surface area contributed by atoms with Gasteiger partial charge in [-0.05, 0) is 0 Å². The van der Waals surface area contributed by atoms with E-state index >= 15 is 0 Å². The summed E-state index contributed by atoms with van der Waals surface area (Å²) in [7, 11) is -3.08. The van der Waals surface area contributed by atoms with Gasteiger partial charge in [0.05, 0.1) is 16.8 Å². The van der Waals surface area contributed by atoms with Gasteiger partial charge in [-0.2, -0.15) is 18.3 Å². The fourth-order valence-electron chi connectivity index (χ4n) is 1.35. The maximum Gasteiger partial charge on any atom is 0.475 e. The van der Waals surface area contributed by atoms with Gasteiger partial charge in [0.25, 0.3) is 0 Å². The van der Waals surface area contributed by atoms with Gasteiger partial charge >= 0.3 is 5.51 Å². The summed E-state index contributed by atoms with van der Waals surface area (Å²) in [4.78, 5) is -0.358. The molecule has 3 nitrogen and oxygen atoms in total. The number of rotatable bonds is 2. The standard InChI is InChI=1S/C10H7F3N2OS/c11-10(12,13)17(16)8-6-14-15-9(8)7-4-2-1-3-5-7/h1-6H,(H,14,15). The first-order valence-electron chi connectivity index (χ1n) is 4.57. The molecule has 1 heterocycles. The average molecular weight is 260 g/mol. The number of halogens is 3. The minimum Gasteiger partial charge on any atom is -0.277 e. The zero-order chi connectivity index (χ0) is 12.5. The monoisotopic (exact) mass is 260 g/mol. The summed E-state index contributed by atoms with van der Waals surface area (Å²) in [6, 6.07) is 8.32. The number of aromatic amines is 1. The van der Waals surface area contributed by atoms with Crippen LogP contribution >= 0.6 is 0 Å². The highest BCUT2D eigenvalue weighted by molar-refractivity contribution is 7.86. The number of hydrogen-bond acceptors (Lipinski definition) is 2. The fraction of sp³-hybridized carbons (Fsp3) is 0.100. The molecule has 90 valence electrons. The van der Waals surface area contributed by atoms with E-state index in [1.54, 1.807) is 30.3 Å². The van der Waals surface area contributed by atoms with E-state index in [-0.39, 0.29) is 10.6 Å². The second-order valence-electron chi connectivity index (χ2n) is 3.19. The van der Waals surface area contributed by atoms with Crippen molar-refractivity contribution in [3.63, 3.8) is 0 Å². The van der Waals surface area contributed by atoms with E-state index in [9.17, 15) is 17.4 Å². The highest BCUT2D eigenvalue weighted by Crippen LogP contribution is 2.31. The van der Waals surface area contributed by atoms with Gasteiger partial charge < -0.3 is 0 Å². The van der Waals surface area contributed by atoms with E-state index in [0.717, 1.165) is 6.20 Å². The van der Waals surface area contributed by atoms with Gasteiger partial charge in [0.1, 0.15) is 0 Å². The molecule has 17 heavy (non-hydrogen) atoms. The molecular formula is C10H7F3N2OS. The van der Waals surface area contributed by atoms with Crippen LogP contribution in [0.2, 0.25) is 0 Å². The van der Waals surface area contributed by atoms with Gasteiger partial charge in [-0.3, -0.25) is 5.10 Å². The molecule has 0 radical (unpaired) electrons. The predicted molar refractivity (Wildman–Crippen MR) is 56.5 cm³/mol. The lowest BCUT2D eigenvalue weighted by atomic mass is 10.2. The number of benzene rings is 1. The quantitative estimate of drug-likeness (QED) is 0.902. The molecule has 2 rings (SSSR count). The van der Waals surface area contributed by atoms with Crippen molar-refractivity contribution in [3.8, 4) is 11.3 Å². The zero-order valence-corrected chi connectivity index (χ0v) is 9.18. The van der Waals surface area contributed by atoms with E-state index in [4.69, 9.17) is 0 Å². The number of H-pyrrole nitrogens is 1. The third-order valence-corrected chi connectivity index (χ3v) is 3.21. The smallest absolute Gasteiger partial charge is 0.277 e. The summed E-state index contributed by atoms with van der Waals surface area (Å²) in [5.74, 6) is 0. The topological polar surface area (TPSA) is 45.8 Å². The van der Waals surface area contributed by atoms with Crippen molar-refractivity contribution in [1.82, 2.24) is 10.2 Å². The Bertz CT molecular complexity index is 536. The van der Waals surface area contributed by atoms with Crippen molar-refractivity contribution < 1.29 is 17.4 Å². The van der Waals surface area contributed by atoms with Crippen molar-refractivity contribution >= 4 is 10.8 Å². The summed E-state index contributed by atoms with van der Waals surface area (Å²) in [6.45, 7) is 0. The molecule has 0 saturated carbocycles. The van der Waals surface area contributed by atoms with Crippen LogP contribution in [0.15, 0.2) is 41.4 Å². The van der Waals surface area contributed by atoms with Crippen molar-refractivity contribution in [2.45, 2.75) is 10.4 Å². The van der Waals surface area contributed by atoms with Crippen LogP contribution in [0.5, 0.6) is 0 Å². The SMILES string of the molecule is O=S(c1cn[nH]c1-c1ccccc1)C(F)(F)F. The first-order chi connectivity index (χ1) is 8.00. The lowest BCUT2D eigenvalue weighted by Crippen LogP contribution is -2.16. The summed E-state index contributed by atoms with van der Waals surface area (Å²) >= 11 is 0. The van der Waals surface area contributed by atoms with E-state index in [0.29, 0.717) is 5.56 Å². The number of alkyl halides is 3. The Hall–Kier alpha value is -1.63. The van der Waals surface area contributed by atoms with Crippen LogP contribution in [0.3, 0.4) is 0 Å². The maximum absolute atomic E-state index is 12.4. The lowest BCUT2D eigenvalue weighted by Gasteiger charge is -2.06. The molecular weight excluding hydrogens is 253 g/mol. The van der Waals surface area contributed by atoms with Crippen LogP contribution in [0.1, 0.15) is 0 Å². The minimum absolute atomic E-state index is 0.126. The van der Waals surface area contributed by atoms with Crippen molar-refractivity contribution in [2.75, 3.05) is 0 Å². The van der Waals surface area contributed by atoms with Gasteiger partial charge in [-0.15, -0.1) is 0 Å². The Balaban J connectivity index is 2.46. The van der Waals surface area contributed by atoms with Crippen molar-refractivity contribution in [1.29, 1.82) is 0 Å². The Kier molecular flexibility index (Phi) is 3.01. The third kappa shape index (κ3) is 2.38. The van der Waals surface area contributed by atoms with Crippen LogP contribution in [-0.4, -0.2) is 19.9 Å². The molecule has 7 heteroatoms. The molecule has 0 amide bonds. The molecule has 0 bridgehead atoms. The summed E-state index contributed by atoms with van der Waals surface area (Å²) in [5, 5.41) is 5.95. The zero-order valence-electron chi connectivity index (χ0n) is 8.36. The predicted octanol–water partition coefficient (Wildman–Crippen LogP) is 2.70. The average Bonchev–Trinajstić information content (AvgIpc) is 2.76. The molecule has 0 fully saturated rings. The van der Waals surface area contributed by atoms with Gasteiger partial charge in [0.2, 0.25) is 0 Å². The molecule has 1 atom stereocenters. The maximum atomic E-state index is 12.4. The third-order valence-electron chi connectivity index (χ3n) is 2.08. The summed E-state index contributed by atoms with van der Waals surface area (Å²) in [6.07, 6.45) is 0.936. The van der Waals surface area contributed by atoms with Gasteiger partial charge in [0, 0.05) is 5.56 Å². The minimum atomic E-state index is -4.78. The molecule has 0 aliphatic heterocycles. The Morgan fingerprint density at radius 3 is 2.41 bits per heavy atom. The van der Waals surface area contributed by atoms with E-state index < -0.39 is 16.3 Å². The summed E-state index contributed by atoms with van der Waals surface area (Å²) in [5.41, 5.74) is -4.15. The largest absolute Gasteiger partial charge is 0.475 e.